The Kier molecular flexibility index (Phi) is 3.14. The Balaban J connectivity index is 2.06. The highest BCUT2D eigenvalue weighted by Gasteiger charge is 2.17. The van der Waals surface area contributed by atoms with E-state index in [1.807, 2.05) is 0 Å². The van der Waals surface area contributed by atoms with Crippen LogP contribution in [-0.4, -0.2) is 18.0 Å². The van der Waals surface area contributed by atoms with Crippen LogP contribution in [-0.2, 0) is 0 Å². The molecule has 0 atom stereocenters. The van der Waals surface area contributed by atoms with Gasteiger partial charge in [0.25, 0.3) is 0 Å². The fraction of sp³-hybridized carbons (Fsp3) is 0.118. The Morgan fingerprint density at radius 1 is 1.19 bits per heavy atom. The molecule has 106 valence electrons. The van der Waals surface area contributed by atoms with Crippen LogP contribution < -0.4 is 4.74 Å². The lowest BCUT2D eigenvalue weighted by Crippen LogP contribution is -2.00. The van der Waals surface area contributed by atoms with Gasteiger partial charge in [-0.1, -0.05) is 0 Å². The molecule has 0 unspecified atom stereocenters. The molecule has 0 amide bonds. The third kappa shape index (κ3) is 2.25. The van der Waals surface area contributed by atoms with Crippen molar-refractivity contribution in [3.8, 4) is 11.5 Å². The van der Waals surface area contributed by atoms with Crippen LogP contribution in [0.3, 0.4) is 0 Å². The van der Waals surface area contributed by atoms with E-state index >= 15 is 0 Å². The summed E-state index contributed by atoms with van der Waals surface area (Å²) >= 11 is 0. The second-order valence-electron chi connectivity index (χ2n) is 4.84. The normalized spacial score (nSPS) is 10.8. The van der Waals surface area contributed by atoms with E-state index in [-0.39, 0.29) is 11.5 Å². The number of rotatable bonds is 3. The van der Waals surface area contributed by atoms with Gasteiger partial charge in [-0.05, 0) is 48.9 Å². The Hall–Kier alpha value is -2.75. The molecule has 0 saturated heterocycles. The molecule has 0 radical (unpaired) electrons. The molecule has 0 aliphatic rings. The molecule has 1 N–H and O–H groups in total. The number of ether oxygens (including phenoxy) is 1. The van der Waals surface area contributed by atoms with Gasteiger partial charge in [0.05, 0.1) is 12.7 Å². The summed E-state index contributed by atoms with van der Waals surface area (Å²) in [5.74, 6) is 0.684. The number of benzene rings is 2. The van der Waals surface area contributed by atoms with Crippen molar-refractivity contribution in [2.24, 2.45) is 0 Å². The quantitative estimate of drug-likeness (QED) is 0.744. The van der Waals surface area contributed by atoms with E-state index in [2.05, 4.69) is 0 Å². The van der Waals surface area contributed by atoms with Crippen molar-refractivity contribution in [3.63, 3.8) is 0 Å². The topological polar surface area (TPSA) is 59.7 Å². The zero-order valence-electron chi connectivity index (χ0n) is 11.7. The van der Waals surface area contributed by atoms with Crippen molar-refractivity contribution in [1.82, 2.24) is 0 Å². The third-order valence-electron chi connectivity index (χ3n) is 3.49. The molecule has 1 heterocycles. The molecule has 0 saturated carbocycles. The fourth-order valence-electron chi connectivity index (χ4n) is 2.24. The number of hydrogen-bond acceptors (Lipinski definition) is 4. The van der Waals surface area contributed by atoms with Crippen LogP contribution in [0.15, 0.2) is 47.1 Å². The van der Waals surface area contributed by atoms with Crippen LogP contribution in [0.1, 0.15) is 21.5 Å². The van der Waals surface area contributed by atoms with Crippen molar-refractivity contribution < 1.29 is 19.1 Å². The second kappa shape index (κ2) is 4.98. The zero-order valence-corrected chi connectivity index (χ0v) is 11.7. The first kappa shape index (κ1) is 13.2. The van der Waals surface area contributed by atoms with E-state index in [9.17, 15) is 9.90 Å². The smallest absolute Gasteiger partial charge is 0.196 e. The first-order valence-electron chi connectivity index (χ1n) is 6.49. The highest BCUT2D eigenvalue weighted by Crippen LogP contribution is 2.30. The molecule has 0 bridgehead atoms. The molecule has 3 rings (SSSR count). The van der Waals surface area contributed by atoms with Crippen molar-refractivity contribution in [2.75, 3.05) is 7.11 Å². The number of carbonyl (C=O) groups is 1. The highest BCUT2D eigenvalue weighted by atomic mass is 16.5. The Bertz CT molecular complexity index is 813. The lowest BCUT2D eigenvalue weighted by molar-refractivity contribution is 0.103. The average Bonchev–Trinajstić information content (AvgIpc) is 2.90. The predicted molar refractivity (Wildman–Crippen MR) is 79.0 cm³/mol. The minimum absolute atomic E-state index is 0.146. The number of hydrogen-bond donors (Lipinski definition) is 1. The first-order chi connectivity index (χ1) is 10.1. The fourth-order valence-corrected chi connectivity index (χ4v) is 2.24. The highest BCUT2D eigenvalue weighted by molar-refractivity contribution is 6.16. The second-order valence-corrected chi connectivity index (χ2v) is 4.84. The van der Waals surface area contributed by atoms with Gasteiger partial charge in [0.1, 0.15) is 23.3 Å². The molecule has 4 nitrogen and oxygen atoms in total. The van der Waals surface area contributed by atoms with Crippen LogP contribution in [0.4, 0.5) is 0 Å². The number of ketones is 1. The number of carbonyl (C=O) groups excluding carboxylic acids is 1. The monoisotopic (exact) mass is 282 g/mol. The molecule has 2 aromatic carbocycles. The number of aryl methyl sites for hydroxylation is 1. The number of fused-ring (bicyclic) bond motifs is 1. The molecular formula is C17H14O4. The van der Waals surface area contributed by atoms with Gasteiger partial charge in [-0.2, -0.15) is 0 Å². The molecule has 3 aromatic rings. The molecule has 4 heteroatoms. The number of furan rings is 1. The van der Waals surface area contributed by atoms with Gasteiger partial charge in [-0.15, -0.1) is 0 Å². The van der Waals surface area contributed by atoms with Gasteiger partial charge in [0, 0.05) is 10.9 Å². The largest absolute Gasteiger partial charge is 0.508 e. The SMILES string of the molecule is COc1ccc(C(=O)c2coc3cc(C)c(O)cc23)cc1. The Morgan fingerprint density at radius 3 is 2.57 bits per heavy atom. The van der Waals surface area contributed by atoms with E-state index in [0.29, 0.717) is 33.4 Å². The molecule has 0 aliphatic heterocycles. The molecule has 1 aromatic heterocycles. The number of phenolic OH excluding ortho intramolecular Hbond substituents is 1. The Morgan fingerprint density at radius 2 is 1.90 bits per heavy atom. The van der Waals surface area contributed by atoms with Crippen molar-refractivity contribution in [2.45, 2.75) is 6.92 Å². The van der Waals surface area contributed by atoms with E-state index in [1.165, 1.54) is 6.26 Å². The van der Waals surface area contributed by atoms with Crippen molar-refractivity contribution in [3.05, 3.63) is 59.4 Å². The standard InChI is InChI=1S/C17H14O4/c1-10-7-16-13(8-15(10)18)14(9-21-16)17(19)11-3-5-12(20-2)6-4-11/h3-9,18H,1-2H3. The van der Waals surface area contributed by atoms with Crippen LogP contribution in [0.25, 0.3) is 11.0 Å². The summed E-state index contributed by atoms with van der Waals surface area (Å²) in [6.45, 7) is 1.78. The van der Waals surface area contributed by atoms with Gasteiger partial charge in [-0.25, -0.2) is 0 Å². The van der Waals surface area contributed by atoms with Gasteiger partial charge in [0.2, 0.25) is 0 Å². The molecule has 21 heavy (non-hydrogen) atoms. The van der Waals surface area contributed by atoms with Gasteiger partial charge in [-0.3, -0.25) is 4.79 Å². The lowest BCUT2D eigenvalue weighted by Gasteiger charge is -2.02. The van der Waals surface area contributed by atoms with Crippen molar-refractivity contribution >= 4 is 16.8 Å². The summed E-state index contributed by atoms with van der Waals surface area (Å²) in [6.07, 6.45) is 1.43. The van der Waals surface area contributed by atoms with E-state index < -0.39 is 0 Å². The van der Waals surface area contributed by atoms with Crippen LogP contribution in [0.2, 0.25) is 0 Å². The van der Waals surface area contributed by atoms with E-state index in [1.54, 1.807) is 50.4 Å². The third-order valence-corrected chi connectivity index (χ3v) is 3.49. The van der Waals surface area contributed by atoms with Gasteiger partial charge < -0.3 is 14.3 Å². The first-order valence-corrected chi connectivity index (χ1v) is 6.49. The maximum Gasteiger partial charge on any atom is 0.196 e. The average molecular weight is 282 g/mol. The molecule has 0 spiro atoms. The van der Waals surface area contributed by atoms with Crippen LogP contribution in [0.5, 0.6) is 11.5 Å². The number of phenols is 1. The molecular weight excluding hydrogens is 268 g/mol. The zero-order chi connectivity index (χ0) is 15.0. The van der Waals surface area contributed by atoms with Crippen LogP contribution >= 0.6 is 0 Å². The number of methoxy groups -OCH3 is 1. The summed E-state index contributed by atoms with van der Waals surface area (Å²) in [4.78, 5) is 12.5. The van der Waals surface area contributed by atoms with E-state index in [0.717, 1.165) is 0 Å². The number of aromatic hydroxyl groups is 1. The van der Waals surface area contributed by atoms with Crippen LogP contribution in [0, 0.1) is 6.92 Å². The summed E-state index contributed by atoms with van der Waals surface area (Å²) < 4.78 is 10.5. The predicted octanol–water partition coefficient (Wildman–Crippen LogP) is 3.69. The maximum atomic E-state index is 12.5. The maximum absolute atomic E-state index is 12.5. The minimum atomic E-state index is -0.153. The molecule has 0 fully saturated rings. The van der Waals surface area contributed by atoms with E-state index in [4.69, 9.17) is 9.15 Å². The summed E-state index contributed by atoms with van der Waals surface area (Å²) in [7, 11) is 1.57. The summed E-state index contributed by atoms with van der Waals surface area (Å²) in [5, 5.41) is 10.4. The Labute approximate surface area is 121 Å². The molecule has 0 aliphatic carbocycles. The minimum Gasteiger partial charge on any atom is -0.508 e. The van der Waals surface area contributed by atoms with Crippen molar-refractivity contribution in [1.29, 1.82) is 0 Å². The summed E-state index contributed by atoms with van der Waals surface area (Å²) in [6, 6.07) is 10.1. The van der Waals surface area contributed by atoms with Gasteiger partial charge >= 0.3 is 0 Å². The van der Waals surface area contributed by atoms with Gasteiger partial charge in [0.15, 0.2) is 5.78 Å². The summed E-state index contributed by atoms with van der Waals surface area (Å²) in [5.41, 5.74) is 2.27. The lowest BCUT2D eigenvalue weighted by atomic mass is 10.0.